The molecule has 0 saturated carbocycles. The minimum absolute atomic E-state index is 0.00253. The van der Waals surface area contributed by atoms with E-state index < -0.39 is 0 Å². The molecule has 1 amide bonds. The number of hydrogen-bond acceptors (Lipinski definition) is 8. The Hall–Kier alpha value is -2.27. The Bertz CT molecular complexity index is 1190. The lowest BCUT2D eigenvalue weighted by molar-refractivity contribution is -0.122. The highest BCUT2D eigenvalue weighted by Crippen LogP contribution is 2.34. The number of ether oxygens (including phenoxy) is 2. The van der Waals surface area contributed by atoms with E-state index in [-0.39, 0.29) is 23.7 Å². The van der Waals surface area contributed by atoms with Gasteiger partial charge in [-0.25, -0.2) is 4.98 Å². The van der Waals surface area contributed by atoms with Crippen LogP contribution in [-0.4, -0.2) is 69.6 Å². The van der Waals surface area contributed by atoms with Gasteiger partial charge in [0.25, 0.3) is 11.5 Å². The number of pyridine rings is 1. The lowest BCUT2D eigenvalue weighted by atomic mass is 10.1. The van der Waals surface area contributed by atoms with Crippen LogP contribution in [0.4, 0.5) is 5.82 Å². The monoisotopic (exact) mass is 502 g/mol. The van der Waals surface area contributed by atoms with Gasteiger partial charge in [-0.3, -0.25) is 18.9 Å². The summed E-state index contributed by atoms with van der Waals surface area (Å²) in [7, 11) is 0. The summed E-state index contributed by atoms with van der Waals surface area (Å²) >= 11 is 6.69. The van der Waals surface area contributed by atoms with E-state index in [4.69, 9.17) is 26.7 Å². The first-order valence-corrected chi connectivity index (χ1v) is 12.8. The van der Waals surface area contributed by atoms with Gasteiger partial charge >= 0.3 is 0 Å². The normalized spacial score (nSPS) is 22.4. The Morgan fingerprint density at radius 2 is 2.03 bits per heavy atom. The van der Waals surface area contributed by atoms with Crippen molar-refractivity contribution in [3.8, 4) is 0 Å². The van der Waals surface area contributed by atoms with Crippen molar-refractivity contribution in [1.29, 1.82) is 0 Å². The van der Waals surface area contributed by atoms with Crippen LogP contribution in [0.15, 0.2) is 28.0 Å². The number of aromatic nitrogens is 2. The molecule has 0 bridgehead atoms. The van der Waals surface area contributed by atoms with Crippen molar-refractivity contribution in [2.45, 2.75) is 46.3 Å². The van der Waals surface area contributed by atoms with Gasteiger partial charge in [-0.05, 0) is 51.8 Å². The van der Waals surface area contributed by atoms with Crippen LogP contribution in [0.25, 0.3) is 11.7 Å². The maximum Gasteiger partial charge on any atom is 0.267 e. The average Bonchev–Trinajstić information content (AvgIpc) is 3.05. The van der Waals surface area contributed by atoms with Crippen molar-refractivity contribution in [3.05, 3.63) is 44.7 Å². The van der Waals surface area contributed by atoms with E-state index in [1.165, 1.54) is 11.8 Å². The highest BCUT2D eigenvalue weighted by Gasteiger charge is 2.33. The van der Waals surface area contributed by atoms with Gasteiger partial charge in [-0.2, -0.15) is 0 Å². The molecule has 2 fully saturated rings. The first-order chi connectivity index (χ1) is 16.3. The van der Waals surface area contributed by atoms with Gasteiger partial charge in [0.1, 0.15) is 15.8 Å². The van der Waals surface area contributed by atoms with Gasteiger partial charge < -0.3 is 14.4 Å². The number of amides is 1. The summed E-state index contributed by atoms with van der Waals surface area (Å²) in [6.45, 7) is 10.8. The minimum atomic E-state index is -0.211. The maximum absolute atomic E-state index is 13.6. The molecule has 34 heavy (non-hydrogen) atoms. The summed E-state index contributed by atoms with van der Waals surface area (Å²) in [4.78, 5) is 35.8. The molecule has 0 spiro atoms. The van der Waals surface area contributed by atoms with E-state index in [1.807, 2.05) is 39.8 Å². The molecule has 182 valence electrons. The van der Waals surface area contributed by atoms with Gasteiger partial charge in [0.2, 0.25) is 0 Å². The third-order valence-corrected chi connectivity index (χ3v) is 7.18. The average molecular weight is 503 g/mol. The van der Waals surface area contributed by atoms with E-state index in [1.54, 1.807) is 21.6 Å². The molecule has 2 aromatic heterocycles. The molecule has 0 aromatic carbocycles. The van der Waals surface area contributed by atoms with E-state index >= 15 is 0 Å². The van der Waals surface area contributed by atoms with Crippen molar-refractivity contribution in [2.24, 2.45) is 0 Å². The molecule has 2 aliphatic rings. The Balaban J connectivity index is 1.76. The molecular formula is C24H30N4O4S2. The lowest BCUT2D eigenvalue weighted by Crippen LogP contribution is -2.46. The summed E-state index contributed by atoms with van der Waals surface area (Å²) in [5.74, 6) is 0.387. The van der Waals surface area contributed by atoms with Crippen LogP contribution >= 0.6 is 24.0 Å². The molecule has 8 nitrogen and oxygen atoms in total. The second-order valence-electron chi connectivity index (χ2n) is 8.59. The third kappa shape index (κ3) is 5.05. The fourth-order valence-electron chi connectivity index (χ4n) is 4.31. The van der Waals surface area contributed by atoms with Crippen molar-refractivity contribution in [1.82, 2.24) is 14.3 Å². The summed E-state index contributed by atoms with van der Waals surface area (Å²) in [5.41, 5.74) is 1.69. The molecule has 4 heterocycles. The number of rotatable bonds is 7. The molecule has 2 aromatic rings. The van der Waals surface area contributed by atoms with Gasteiger partial charge in [-0.1, -0.05) is 30.0 Å². The van der Waals surface area contributed by atoms with Gasteiger partial charge in [-0.15, -0.1) is 0 Å². The number of thiocarbonyl (C=S) groups is 1. The molecule has 0 N–H and O–H groups in total. The summed E-state index contributed by atoms with van der Waals surface area (Å²) in [5, 5.41) is 0. The number of aryl methyl sites for hydroxylation is 1. The number of nitrogens with zero attached hydrogens (tertiary/aromatic N) is 4. The Labute approximate surface area is 208 Å². The number of fused-ring (bicyclic) bond motifs is 1. The van der Waals surface area contributed by atoms with Crippen LogP contribution in [0.5, 0.6) is 0 Å². The molecule has 10 heteroatoms. The van der Waals surface area contributed by atoms with Crippen molar-refractivity contribution >= 4 is 51.7 Å². The molecule has 2 saturated heterocycles. The molecule has 0 aliphatic carbocycles. The second-order valence-corrected chi connectivity index (χ2v) is 10.3. The molecule has 2 aliphatic heterocycles. The lowest BCUT2D eigenvalue weighted by Gasteiger charge is -2.36. The first-order valence-electron chi connectivity index (χ1n) is 11.6. The zero-order valence-corrected chi connectivity index (χ0v) is 21.6. The maximum atomic E-state index is 13.6. The largest absolute Gasteiger partial charge is 0.382 e. The topological polar surface area (TPSA) is 76.4 Å². The van der Waals surface area contributed by atoms with E-state index in [2.05, 4.69) is 4.90 Å². The number of anilines is 1. The van der Waals surface area contributed by atoms with Crippen LogP contribution in [-0.2, 0) is 14.3 Å². The number of morpholine rings is 1. The van der Waals surface area contributed by atoms with Crippen LogP contribution in [0.2, 0.25) is 0 Å². The van der Waals surface area contributed by atoms with Gasteiger partial charge in [0, 0.05) is 39.0 Å². The summed E-state index contributed by atoms with van der Waals surface area (Å²) in [6, 6.07) is 3.76. The van der Waals surface area contributed by atoms with Crippen LogP contribution in [0.3, 0.4) is 0 Å². The first kappa shape index (κ1) is 24.8. The summed E-state index contributed by atoms with van der Waals surface area (Å²) in [6.07, 6.45) is 4.06. The Kier molecular flexibility index (Phi) is 7.71. The second kappa shape index (κ2) is 10.6. The minimum Gasteiger partial charge on any atom is -0.382 e. The molecular weight excluding hydrogens is 472 g/mol. The van der Waals surface area contributed by atoms with Crippen LogP contribution < -0.4 is 10.5 Å². The van der Waals surface area contributed by atoms with Crippen molar-refractivity contribution in [3.63, 3.8) is 0 Å². The van der Waals surface area contributed by atoms with Gasteiger partial charge in [0.05, 0.1) is 22.7 Å². The molecule has 0 radical (unpaired) electrons. The molecule has 2 atom stereocenters. The fraction of sp³-hybridized carbons (Fsp3) is 0.500. The van der Waals surface area contributed by atoms with Gasteiger partial charge in [0.15, 0.2) is 0 Å². The van der Waals surface area contributed by atoms with E-state index in [9.17, 15) is 9.59 Å². The van der Waals surface area contributed by atoms with Crippen LogP contribution in [0, 0.1) is 6.92 Å². The quantitative estimate of drug-likeness (QED) is 0.325. The molecule has 0 unspecified atom stereocenters. The van der Waals surface area contributed by atoms with Crippen molar-refractivity contribution in [2.75, 3.05) is 37.7 Å². The zero-order chi connectivity index (χ0) is 24.4. The Morgan fingerprint density at radius 3 is 2.74 bits per heavy atom. The summed E-state index contributed by atoms with van der Waals surface area (Å²) < 4.78 is 13.3. The number of carbonyl (C=O) groups excluding carboxylic acids is 1. The standard InChI is InChI=1S/C24H30N4O4S2/c1-5-31-11-7-10-28-23(30)19(34-24(28)33)12-18-21(26-13-16(3)32-17(4)14-26)25-20-15(2)8-6-9-27(20)22(18)29/h6,8-9,12,16-17H,5,7,10-11,13-14H2,1-4H3/b19-12-/t16-,17-/m1/s1. The third-order valence-electron chi connectivity index (χ3n) is 5.81. The number of hydrogen-bond donors (Lipinski definition) is 0. The van der Waals surface area contributed by atoms with Crippen LogP contribution in [0.1, 0.15) is 38.3 Å². The Morgan fingerprint density at radius 1 is 1.29 bits per heavy atom. The zero-order valence-electron chi connectivity index (χ0n) is 19.9. The SMILES string of the molecule is CCOCCCN1C(=O)/C(=C/c2c(N3C[C@@H](C)O[C@H](C)C3)nc3c(C)cccn3c2=O)SC1=S. The predicted octanol–water partition coefficient (Wildman–Crippen LogP) is 3.24. The number of carbonyl (C=O) groups is 1. The predicted molar refractivity (Wildman–Crippen MR) is 139 cm³/mol. The molecule has 4 rings (SSSR count). The van der Waals surface area contributed by atoms with E-state index in [0.29, 0.717) is 65.5 Å². The fourth-order valence-corrected chi connectivity index (χ4v) is 5.60. The number of thioether (sulfide) groups is 1. The smallest absolute Gasteiger partial charge is 0.267 e. The van der Waals surface area contributed by atoms with Crippen molar-refractivity contribution < 1.29 is 14.3 Å². The van der Waals surface area contributed by atoms with E-state index in [0.717, 1.165) is 5.56 Å². The highest BCUT2D eigenvalue weighted by molar-refractivity contribution is 8.26. The highest BCUT2D eigenvalue weighted by atomic mass is 32.2.